The zero-order valence-electron chi connectivity index (χ0n) is 8.55. The Balaban J connectivity index is 1.89. The van der Waals surface area contributed by atoms with Crippen LogP contribution in [0.2, 0.25) is 0 Å². The third-order valence-electron chi connectivity index (χ3n) is 2.46. The van der Waals surface area contributed by atoms with Gasteiger partial charge in [-0.3, -0.25) is 0 Å². The van der Waals surface area contributed by atoms with Crippen LogP contribution in [0.25, 0.3) is 0 Å². The number of hydrogen-bond acceptors (Lipinski definition) is 2. The molecule has 1 heterocycles. The fraction of sp³-hybridized carbons (Fsp3) is 1.00. The molecule has 0 aliphatic carbocycles. The van der Waals surface area contributed by atoms with Crippen molar-refractivity contribution >= 4 is 9.84 Å². The molecule has 0 unspecified atom stereocenters. The third-order valence-corrected chi connectivity index (χ3v) is 4.29. The van der Waals surface area contributed by atoms with Crippen molar-refractivity contribution in [3.05, 3.63) is 0 Å². The largest absolute Gasteiger partial charge is 0.304 e. The average Bonchev–Trinajstić information content (AvgIpc) is 2.01. The maximum absolute atomic E-state index is 2.67. The molecule has 0 radical (unpaired) electrons. The van der Waals surface area contributed by atoms with Crippen molar-refractivity contribution in [1.82, 2.24) is 9.13 Å². The quantitative estimate of drug-likeness (QED) is 0.574. The summed E-state index contributed by atoms with van der Waals surface area (Å²) in [5, 5.41) is 0. The van der Waals surface area contributed by atoms with Crippen molar-refractivity contribution in [3.63, 3.8) is 0 Å². The lowest BCUT2D eigenvalue weighted by Gasteiger charge is -2.42. The molecule has 12 heavy (non-hydrogen) atoms. The summed E-state index contributed by atoms with van der Waals surface area (Å²) in [5.74, 6) is 0. The van der Waals surface area contributed by atoms with Gasteiger partial charge in [-0.15, -0.1) is 0 Å². The van der Waals surface area contributed by atoms with Crippen LogP contribution in [0.1, 0.15) is 39.5 Å². The first-order valence-corrected chi connectivity index (χ1v) is 6.58. The standard InChI is InChI=1S/C9H22N2Si/c1-3-5-7-10-9-11(12-10)8-6-4-2/h3-9,12H2,1-2H3. The number of unbranched alkanes of at least 4 members (excludes halogenated alkanes) is 2. The third kappa shape index (κ3) is 3.25. The van der Waals surface area contributed by atoms with Crippen molar-refractivity contribution in [1.29, 1.82) is 0 Å². The van der Waals surface area contributed by atoms with Crippen LogP contribution in [0, 0.1) is 0 Å². The number of hydrogen-bond donors (Lipinski definition) is 0. The molecule has 1 rings (SSSR count). The molecule has 0 atom stereocenters. The Labute approximate surface area is 78.9 Å². The van der Waals surface area contributed by atoms with Gasteiger partial charge in [-0.25, -0.2) is 0 Å². The van der Waals surface area contributed by atoms with E-state index in [1.165, 1.54) is 45.4 Å². The van der Waals surface area contributed by atoms with E-state index >= 15 is 0 Å². The van der Waals surface area contributed by atoms with Gasteiger partial charge < -0.3 is 9.13 Å². The summed E-state index contributed by atoms with van der Waals surface area (Å²) in [6, 6.07) is 0. The molecule has 1 aliphatic rings. The summed E-state index contributed by atoms with van der Waals surface area (Å²) >= 11 is 0. The summed E-state index contributed by atoms with van der Waals surface area (Å²) in [6.07, 6.45) is 5.49. The maximum atomic E-state index is 2.67. The molecule has 1 aliphatic heterocycles. The van der Waals surface area contributed by atoms with Crippen LogP contribution in [0.3, 0.4) is 0 Å². The Bertz CT molecular complexity index is 101. The highest BCUT2D eigenvalue weighted by molar-refractivity contribution is 6.31. The van der Waals surface area contributed by atoms with Crippen molar-refractivity contribution in [2.24, 2.45) is 0 Å². The first-order chi connectivity index (χ1) is 5.86. The zero-order valence-corrected chi connectivity index (χ0v) is 9.97. The van der Waals surface area contributed by atoms with Gasteiger partial charge in [-0.1, -0.05) is 26.7 Å². The highest BCUT2D eigenvalue weighted by Crippen LogP contribution is 2.08. The molecule has 0 saturated carbocycles. The molecule has 0 spiro atoms. The van der Waals surface area contributed by atoms with Crippen LogP contribution >= 0.6 is 0 Å². The van der Waals surface area contributed by atoms with Gasteiger partial charge in [-0.05, 0) is 25.9 Å². The molecule has 0 aromatic heterocycles. The van der Waals surface area contributed by atoms with Crippen molar-refractivity contribution in [2.75, 3.05) is 19.8 Å². The summed E-state index contributed by atoms with van der Waals surface area (Å²) < 4.78 is 5.33. The van der Waals surface area contributed by atoms with E-state index in [1.54, 1.807) is 0 Å². The molecule has 2 nitrogen and oxygen atoms in total. The summed E-state index contributed by atoms with van der Waals surface area (Å²) in [5.41, 5.74) is 0. The summed E-state index contributed by atoms with van der Waals surface area (Å²) in [6.45, 7) is 8.56. The van der Waals surface area contributed by atoms with Gasteiger partial charge in [0.25, 0.3) is 0 Å². The molecule has 3 heteroatoms. The molecular weight excluding hydrogens is 164 g/mol. The van der Waals surface area contributed by atoms with E-state index in [0.29, 0.717) is 0 Å². The molecule has 1 fully saturated rings. The smallest absolute Gasteiger partial charge is 0.174 e. The topological polar surface area (TPSA) is 6.48 Å². The predicted molar refractivity (Wildman–Crippen MR) is 56.6 cm³/mol. The SMILES string of the molecule is CCCCN1CN(CCCC)[SiH2]1. The Morgan fingerprint density at radius 2 is 1.42 bits per heavy atom. The fourth-order valence-corrected chi connectivity index (χ4v) is 3.21. The summed E-state index contributed by atoms with van der Waals surface area (Å²) in [7, 11) is 0.0590. The zero-order chi connectivity index (χ0) is 8.81. The molecule has 0 aromatic rings. The van der Waals surface area contributed by atoms with E-state index in [0.717, 1.165) is 0 Å². The van der Waals surface area contributed by atoms with E-state index < -0.39 is 0 Å². The lowest BCUT2D eigenvalue weighted by molar-refractivity contribution is 0.197. The predicted octanol–water partition coefficient (Wildman–Crippen LogP) is 1.16. The lowest BCUT2D eigenvalue weighted by Crippen LogP contribution is -2.58. The normalized spacial score (nSPS) is 19.5. The lowest BCUT2D eigenvalue weighted by atomic mass is 10.3. The van der Waals surface area contributed by atoms with Gasteiger partial charge in [0, 0.05) is 6.67 Å². The van der Waals surface area contributed by atoms with Gasteiger partial charge >= 0.3 is 0 Å². The van der Waals surface area contributed by atoms with Crippen LogP contribution in [-0.2, 0) is 0 Å². The van der Waals surface area contributed by atoms with Crippen LogP contribution in [0.4, 0.5) is 0 Å². The van der Waals surface area contributed by atoms with Crippen molar-refractivity contribution in [3.8, 4) is 0 Å². The minimum absolute atomic E-state index is 0.0590. The average molecular weight is 186 g/mol. The molecule has 0 N–H and O–H groups in total. The highest BCUT2D eigenvalue weighted by atomic mass is 28.2. The van der Waals surface area contributed by atoms with E-state index in [4.69, 9.17) is 0 Å². The Morgan fingerprint density at radius 1 is 1.00 bits per heavy atom. The van der Waals surface area contributed by atoms with Crippen molar-refractivity contribution < 1.29 is 0 Å². The summed E-state index contributed by atoms with van der Waals surface area (Å²) in [4.78, 5) is 0. The van der Waals surface area contributed by atoms with Gasteiger partial charge in [0.2, 0.25) is 0 Å². The van der Waals surface area contributed by atoms with Crippen LogP contribution < -0.4 is 0 Å². The van der Waals surface area contributed by atoms with E-state index in [1.807, 2.05) is 0 Å². The Morgan fingerprint density at radius 3 is 1.75 bits per heavy atom. The van der Waals surface area contributed by atoms with Gasteiger partial charge in [-0.2, -0.15) is 0 Å². The number of rotatable bonds is 6. The van der Waals surface area contributed by atoms with Gasteiger partial charge in [0.15, 0.2) is 9.84 Å². The van der Waals surface area contributed by atoms with Crippen LogP contribution in [0.15, 0.2) is 0 Å². The minimum Gasteiger partial charge on any atom is -0.304 e. The molecule has 1 saturated heterocycles. The molecule has 0 bridgehead atoms. The molecule has 0 amide bonds. The van der Waals surface area contributed by atoms with Crippen LogP contribution in [0.5, 0.6) is 0 Å². The Hall–Kier alpha value is 0.137. The molecular formula is C9H22N2Si. The molecule has 0 aromatic carbocycles. The van der Waals surface area contributed by atoms with E-state index in [2.05, 4.69) is 23.0 Å². The van der Waals surface area contributed by atoms with Gasteiger partial charge in [0.05, 0.1) is 0 Å². The first kappa shape index (κ1) is 10.2. The number of nitrogens with zero attached hydrogens (tertiary/aromatic N) is 2. The van der Waals surface area contributed by atoms with Gasteiger partial charge in [0.1, 0.15) is 0 Å². The Kier molecular flexibility index (Phi) is 4.88. The van der Waals surface area contributed by atoms with E-state index in [9.17, 15) is 0 Å². The van der Waals surface area contributed by atoms with Crippen LogP contribution in [-0.4, -0.2) is 38.7 Å². The minimum atomic E-state index is 0.0590. The first-order valence-electron chi connectivity index (χ1n) is 5.31. The second-order valence-electron chi connectivity index (χ2n) is 3.78. The second-order valence-corrected chi connectivity index (χ2v) is 5.85. The highest BCUT2D eigenvalue weighted by Gasteiger charge is 2.22. The van der Waals surface area contributed by atoms with E-state index in [-0.39, 0.29) is 9.84 Å². The maximum Gasteiger partial charge on any atom is 0.174 e. The molecule has 72 valence electrons. The van der Waals surface area contributed by atoms with Crippen molar-refractivity contribution in [2.45, 2.75) is 39.5 Å². The second kappa shape index (κ2) is 5.73. The fourth-order valence-electron chi connectivity index (χ4n) is 1.57. The monoisotopic (exact) mass is 186 g/mol.